The molecule has 0 spiro atoms. The monoisotopic (exact) mass is 315 g/mol. The van der Waals surface area contributed by atoms with E-state index in [1.165, 1.54) is 22.3 Å². The molecule has 0 fully saturated rings. The number of nitrogens with zero attached hydrogens (tertiary/aromatic N) is 1. The van der Waals surface area contributed by atoms with E-state index in [1.54, 1.807) is 0 Å². The van der Waals surface area contributed by atoms with Crippen molar-refractivity contribution in [3.63, 3.8) is 0 Å². The molecule has 0 saturated carbocycles. The maximum atomic E-state index is 6.41. The summed E-state index contributed by atoms with van der Waals surface area (Å²) in [5, 5.41) is 0. The SMILES string of the molecule is C1=CC2=CC(C=C1)Oc1c2ccc2c1C1/C=C\CCN(/C=C\2)CC1. The summed E-state index contributed by atoms with van der Waals surface area (Å²) in [6.07, 6.45) is 22.3. The molecule has 0 saturated heterocycles. The van der Waals surface area contributed by atoms with Gasteiger partial charge in [0.1, 0.15) is 11.9 Å². The highest BCUT2D eigenvalue weighted by molar-refractivity contribution is 5.83. The van der Waals surface area contributed by atoms with Crippen molar-refractivity contribution in [1.82, 2.24) is 4.90 Å². The van der Waals surface area contributed by atoms with Crippen molar-refractivity contribution in [3.05, 3.63) is 77.6 Å². The number of benzene rings is 1. The molecule has 1 aliphatic carbocycles. The van der Waals surface area contributed by atoms with E-state index in [2.05, 4.69) is 71.8 Å². The van der Waals surface area contributed by atoms with Crippen LogP contribution in [0, 0.1) is 0 Å². The van der Waals surface area contributed by atoms with Crippen LogP contribution >= 0.6 is 0 Å². The Bertz CT molecular complexity index is 825. The van der Waals surface area contributed by atoms with Crippen molar-refractivity contribution < 1.29 is 4.74 Å². The molecular formula is C22H21NO. The normalized spacial score (nSPS) is 29.0. The fourth-order valence-electron chi connectivity index (χ4n) is 4.10. The van der Waals surface area contributed by atoms with Gasteiger partial charge in [0.2, 0.25) is 0 Å². The fraction of sp³-hybridized carbons (Fsp3) is 0.273. The molecule has 0 radical (unpaired) electrons. The molecule has 0 amide bonds. The topological polar surface area (TPSA) is 12.5 Å². The summed E-state index contributed by atoms with van der Waals surface area (Å²) in [5.74, 6) is 1.51. The van der Waals surface area contributed by atoms with Crippen LogP contribution in [0.15, 0.2) is 60.9 Å². The van der Waals surface area contributed by atoms with Crippen molar-refractivity contribution >= 4 is 11.6 Å². The molecule has 4 bridgehead atoms. The van der Waals surface area contributed by atoms with Crippen molar-refractivity contribution in [2.75, 3.05) is 13.1 Å². The Morgan fingerprint density at radius 3 is 3.04 bits per heavy atom. The molecule has 4 aliphatic rings. The molecule has 3 aliphatic heterocycles. The Balaban J connectivity index is 1.73. The fourth-order valence-corrected chi connectivity index (χ4v) is 4.10. The van der Waals surface area contributed by atoms with Gasteiger partial charge in [0, 0.05) is 30.1 Å². The van der Waals surface area contributed by atoms with Crippen molar-refractivity contribution in [3.8, 4) is 5.75 Å². The van der Waals surface area contributed by atoms with Crippen LogP contribution in [0.3, 0.4) is 0 Å². The molecular weight excluding hydrogens is 294 g/mol. The van der Waals surface area contributed by atoms with Gasteiger partial charge in [-0.15, -0.1) is 0 Å². The van der Waals surface area contributed by atoms with E-state index in [4.69, 9.17) is 4.74 Å². The second-order valence-corrected chi connectivity index (χ2v) is 6.86. The molecule has 1 aromatic rings. The highest BCUT2D eigenvalue weighted by atomic mass is 16.5. The van der Waals surface area contributed by atoms with Gasteiger partial charge < -0.3 is 9.64 Å². The van der Waals surface area contributed by atoms with E-state index in [0.717, 1.165) is 31.7 Å². The van der Waals surface area contributed by atoms with Crippen LogP contribution in [-0.4, -0.2) is 24.1 Å². The Morgan fingerprint density at radius 1 is 1.04 bits per heavy atom. The molecule has 2 unspecified atom stereocenters. The highest BCUT2D eigenvalue weighted by Crippen LogP contribution is 2.44. The third-order valence-corrected chi connectivity index (χ3v) is 5.34. The lowest BCUT2D eigenvalue weighted by Crippen LogP contribution is -2.25. The van der Waals surface area contributed by atoms with Gasteiger partial charge >= 0.3 is 0 Å². The minimum absolute atomic E-state index is 0.0393. The maximum absolute atomic E-state index is 6.41. The summed E-state index contributed by atoms with van der Waals surface area (Å²) in [4.78, 5) is 2.44. The summed E-state index contributed by atoms with van der Waals surface area (Å²) in [5.41, 5.74) is 5.16. The molecule has 2 atom stereocenters. The summed E-state index contributed by atoms with van der Waals surface area (Å²) in [7, 11) is 0. The van der Waals surface area contributed by atoms with E-state index in [9.17, 15) is 0 Å². The third kappa shape index (κ3) is 2.25. The lowest BCUT2D eigenvalue weighted by atomic mass is 9.84. The molecule has 120 valence electrons. The Morgan fingerprint density at radius 2 is 2.04 bits per heavy atom. The van der Waals surface area contributed by atoms with Crippen LogP contribution in [0.2, 0.25) is 0 Å². The number of rotatable bonds is 0. The van der Waals surface area contributed by atoms with Crippen LogP contribution in [0.4, 0.5) is 0 Å². The lowest BCUT2D eigenvalue weighted by Gasteiger charge is -2.32. The zero-order chi connectivity index (χ0) is 15.9. The van der Waals surface area contributed by atoms with Crippen LogP contribution in [0.25, 0.3) is 11.6 Å². The average Bonchev–Trinajstić information content (AvgIpc) is 2.76. The number of allylic oxidation sites excluding steroid dienone is 5. The van der Waals surface area contributed by atoms with Gasteiger partial charge in [-0.3, -0.25) is 0 Å². The number of fused-ring (bicyclic) bond motifs is 9. The quantitative estimate of drug-likeness (QED) is 0.645. The van der Waals surface area contributed by atoms with E-state index in [0.29, 0.717) is 5.92 Å². The average molecular weight is 315 g/mol. The molecule has 24 heavy (non-hydrogen) atoms. The standard InChI is InChI=1S/C22H21NO/c1-2-7-19-15-18(6-1)20-9-8-17-11-14-23-12-4-3-5-16(10-13-23)21(17)22(20)24-19/h1-3,5-9,11,14-16,19H,4,10,12-13H2/b5-3-,14-11-. The Labute approximate surface area is 143 Å². The molecule has 0 aromatic heterocycles. The summed E-state index contributed by atoms with van der Waals surface area (Å²) in [6, 6.07) is 4.47. The molecule has 0 N–H and O–H groups in total. The first-order valence-corrected chi connectivity index (χ1v) is 8.88. The van der Waals surface area contributed by atoms with Gasteiger partial charge in [-0.2, -0.15) is 0 Å². The first-order valence-electron chi connectivity index (χ1n) is 8.88. The lowest BCUT2D eigenvalue weighted by molar-refractivity contribution is 0.285. The summed E-state index contributed by atoms with van der Waals surface area (Å²) in [6.45, 7) is 2.22. The molecule has 5 rings (SSSR count). The van der Waals surface area contributed by atoms with E-state index < -0.39 is 0 Å². The predicted octanol–water partition coefficient (Wildman–Crippen LogP) is 4.68. The minimum atomic E-state index is 0.0393. The minimum Gasteiger partial charge on any atom is -0.481 e. The van der Waals surface area contributed by atoms with Crippen molar-refractivity contribution in [2.45, 2.75) is 24.9 Å². The zero-order valence-corrected chi connectivity index (χ0v) is 13.7. The summed E-state index contributed by atoms with van der Waals surface area (Å²) < 4.78 is 6.41. The third-order valence-electron chi connectivity index (χ3n) is 5.34. The largest absolute Gasteiger partial charge is 0.481 e. The van der Waals surface area contributed by atoms with Gasteiger partial charge in [0.25, 0.3) is 0 Å². The first-order chi connectivity index (χ1) is 11.9. The van der Waals surface area contributed by atoms with E-state index >= 15 is 0 Å². The Hall–Kier alpha value is -2.48. The van der Waals surface area contributed by atoms with Gasteiger partial charge in [-0.25, -0.2) is 0 Å². The molecule has 2 nitrogen and oxygen atoms in total. The van der Waals surface area contributed by atoms with E-state index in [-0.39, 0.29) is 6.10 Å². The van der Waals surface area contributed by atoms with Gasteiger partial charge in [0.05, 0.1) is 0 Å². The van der Waals surface area contributed by atoms with Crippen LogP contribution < -0.4 is 4.74 Å². The molecule has 1 aromatic carbocycles. The van der Waals surface area contributed by atoms with Crippen LogP contribution in [-0.2, 0) is 0 Å². The van der Waals surface area contributed by atoms with Crippen molar-refractivity contribution in [2.24, 2.45) is 0 Å². The maximum Gasteiger partial charge on any atom is 0.136 e. The second kappa shape index (κ2) is 5.55. The number of ether oxygens (including phenoxy) is 1. The summed E-state index contributed by atoms with van der Waals surface area (Å²) >= 11 is 0. The van der Waals surface area contributed by atoms with Crippen LogP contribution in [0.1, 0.15) is 35.4 Å². The first kappa shape index (κ1) is 13.9. The number of hydrogen-bond donors (Lipinski definition) is 0. The van der Waals surface area contributed by atoms with Gasteiger partial charge in [0.15, 0.2) is 0 Å². The number of hydrogen-bond acceptors (Lipinski definition) is 2. The molecule has 2 heteroatoms. The second-order valence-electron chi connectivity index (χ2n) is 6.86. The highest BCUT2D eigenvalue weighted by Gasteiger charge is 2.28. The molecule has 3 heterocycles. The zero-order valence-electron chi connectivity index (χ0n) is 13.7. The van der Waals surface area contributed by atoms with E-state index in [1.807, 2.05) is 0 Å². The van der Waals surface area contributed by atoms with Gasteiger partial charge in [-0.1, -0.05) is 42.5 Å². The smallest absolute Gasteiger partial charge is 0.136 e. The Kier molecular flexibility index (Phi) is 3.22. The van der Waals surface area contributed by atoms with Crippen LogP contribution in [0.5, 0.6) is 5.75 Å². The van der Waals surface area contributed by atoms with Gasteiger partial charge in [-0.05, 0) is 48.4 Å². The predicted molar refractivity (Wildman–Crippen MR) is 98.8 cm³/mol. The van der Waals surface area contributed by atoms with Crippen molar-refractivity contribution in [1.29, 1.82) is 0 Å².